The number of rotatable bonds is 4. The number of aryl methyl sites for hydroxylation is 1. The number of aromatic nitrogens is 2. The molecule has 1 N–H and O–H groups in total. The fourth-order valence-electron chi connectivity index (χ4n) is 3.53. The van der Waals surface area contributed by atoms with E-state index in [1.165, 1.54) is 5.56 Å². The number of benzene rings is 3. The molecule has 0 saturated heterocycles. The Hall–Kier alpha value is -3.60. The predicted molar refractivity (Wildman–Crippen MR) is 115 cm³/mol. The van der Waals surface area contributed by atoms with Crippen molar-refractivity contribution in [3.05, 3.63) is 78.4 Å². The molecular formula is C24H21N3O2. The number of anilines is 1. The quantitative estimate of drug-likeness (QED) is 0.546. The van der Waals surface area contributed by atoms with E-state index in [1.54, 1.807) is 0 Å². The molecule has 0 aliphatic carbocycles. The molecule has 0 saturated carbocycles. The van der Waals surface area contributed by atoms with E-state index in [4.69, 9.17) is 9.47 Å². The Morgan fingerprint density at radius 1 is 0.862 bits per heavy atom. The van der Waals surface area contributed by atoms with Gasteiger partial charge in [-0.05, 0) is 19.1 Å². The van der Waals surface area contributed by atoms with Gasteiger partial charge >= 0.3 is 0 Å². The first kappa shape index (κ1) is 17.5. The minimum Gasteiger partial charge on any atom is -0.486 e. The first-order chi connectivity index (χ1) is 14.3. The van der Waals surface area contributed by atoms with Gasteiger partial charge in [0.2, 0.25) is 0 Å². The maximum Gasteiger partial charge on any atom is 0.161 e. The smallest absolute Gasteiger partial charge is 0.161 e. The van der Waals surface area contributed by atoms with Gasteiger partial charge in [0.05, 0.1) is 6.54 Å². The summed E-state index contributed by atoms with van der Waals surface area (Å²) in [6, 6.07) is 24.3. The van der Waals surface area contributed by atoms with Crippen molar-refractivity contribution in [2.24, 2.45) is 0 Å². The second-order valence-corrected chi connectivity index (χ2v) is 7.19. The number of ether oxygens (including phenoxy) is 2. The van der Waals surface area contributed by atoms with Crippen LogP contribution in [0.2, 0.25) is 0 Å². The van der Waals surface area contributed by atoms with Gasteiger partial charge in [-0.3, -0.25) is 0 Å². The highest BCUT2D eigenvalue weighted by Crippen LogP contribution is 2.32. The lowest BCUT2D eigenvalue weighted by atomic mass is 10.0. The van der Waals surface area contributed by atoms with E-state index in [0.29, 0.717) is 13.2 Å². The number of nitrogens with zero attached hydrogens (tertiary/aromatic N) is 2. The fraction of sp³-hybridized carbons (Fsp3) is 0.167. The van der Waals surface area contributed by atoms with Crippen LogP contribution in [0.4, 0.5) is 5.82 Å². The van der Waals surface area contributed by atoms with Crippen molar-refractivity contribution in [2.45, 2.75) is 13.0 Å². The topological polar surface area (TPSA) is 56.3 Å². The van der Waals surface area contributed by atoms with Gasteiger partial charge in [-0.15, -0.1) is 10.2 Å². The van der Waals surface area contributed by atoms with Crippen LogP contribution in [0.15, 0.2) is 72.8 Å². The van der Waals surface area contributed by atoms with Crippen LogP contribution < -0.4 is 14.8 Å². The summed E-state index contributed by atoms with van der Waals surface area (Å²) in [6.45, 7) is 3.16. The molecule has 4 aromatic rings. The van der Waals surface area contributed by atoms with E-state index in [9.17, 15) is 0 Å². The molecule has 5 heteroatoms. The maximum atomic E-state index is 6.03. The van der Waals surface area contributed by atoms with Gasteiger partial charge < -0.3 is 14.8 Å². The molecule has 0 bridgehead atoms. The zero-order valence-electron chi connectivity index (χ0n) is 16.1. The van der Waals surface area contributed by atoms with Crippen LogP contribution in [0, 0.1) is 6.92 Å². The minimum atomic E-state index is -0.0952. The molecule has 5 nitrogen and oxygen atoms in total. The third kappa shape index (κ3) is 3.47. The molecular weight excluding hydrogens is 362 g/mol. The van der Waals surface area contributed by atoms with Gasteiger partial charge in [-0.2, -0.15) is 0 Å². The van der Waals surface area contributed by atoms with Crippen molar-refractivity contribution in [1.82, 2.24) is 10.2 Å². The first-order valence-electron chi connectivity index (χ1n) is 9.73. The first-order valence-corrected chi connectivity index (χ1v) is 9.73. The Morgan fingerprint density at radius 3 is 2.41 bits per heavy atom. The molecule has 2 heterocycles. The molecule has 29 heavy (non-hydrogen) atoms. The lowest BCUT2D eigenvalue weighted by Crippen LogP contribution is -2.35. The molecule has 1 aromatic heterocycles. The summed E-state index contributed by atoms with van der Waals surface area (Å²) in [5.74, 6) is 2.31. The van der Waals surface area contributed by atoms with E-state index in [1.807, 2.05) is 36.4 Å². The Morgan fingerprint density at radius 2 is 1.59 bits per heavy atom. The fourth-order valence-corrected chi connectivity index (χ4v) is 3.53. The van der Waals surface area contributed by atoms with Crippen LogP contribution in [0.25, 0.3) is 22.0 Å². The van der Waals surface area contributed by atoms with E-state index in [2.05, 4.69) is 58.8 Å². The highest BCUT2D eigenvalue weighted by atomic mass is 16.6. The summed E-state index contributed by atoms with van der Waals surface area (Å²) < 4.78 is 11.8. The van der Waals surface area contributed by atoms with Crippen LogP contribution in [0.5, 0.6) is 11.5 Å². The van der Waals surface area contributed by atoms with Crippen LogP contribution >= 0.6 is 0 Å². The summed E-state index contributed by atoms with van der Waals surface area (Å²) in [6.07, 6.45) is -0.0952. The normalized spacial score (nSPS) is 15.3. The Bertz CT molecular complexity index is 1160. The van der Waals surface area contributed by atoms with Crippen LogP contribution in [0.1, 0.15) is 5.56 Å². The van der Waals surface area contributed by atoms with E-state index >= 15 is 0 Å². The highest BCUT2D eigenvalue weighted by Gasteiger charge is 2.21. The van der Waals surface area contributed by atoms with Crippen LogP contribution in [-0.4, -0.2) is 29.5 Å². The second kappa shape index (κ2) is 7.43. The highest BCUT2D eigenvalue weighted by molar-refractivity contribution is 6.00. The van der Waals surface area contributed by atoms with Gasteiger partial charge in [-0.25, -0.2) is 0 Å². The molecule has 3 aromatic carbocycles. The van der Waals surface area contributed by atoms with E-state index in [0.717, 1.165) is 39.3 Å². The van der Waals surface area contributed by atoms with Crippen molar-refractivity contribution in [1.29, 1.82) is 0 Å². The number of para-hydroxylation sites is 2. The van der Waals surface area contributed by atoms with Crippen molar-refractivity contribution in [3.8, 4) is 22.8 Å². The molecule has 0 amide bonds. The average molecular weight is 383 g/mol. The van der Waals surface area contributed by atoms with Crippen molar-refractivity contribution >= 4 is 16.6 Å². The number of nitrogens with one attached hydrogen (secondary N) is 1. The van der Waals surface area contributed by atoms with E-state index in [-0.39, 0.29) is 6.10 Å². The Kier molecular flexibility index (Phi) is 4.48. The van der Waals surface area contributed by atoms with Gasteiger partial charge in [0.25, 0.3) is 0 Å². The summed E-state index contributed by atoms with van der Waals surface area (Å²) in [5, 5.41) is 14.5. The molecule has 0 fully saturated rings. The molecule has 0 radical (unpaired) electrons. The van der Waals surface area contributed by atoms with Gasteiger partial charge in [0, 0.05) is 16.3 Å². The maximum absolute atomic E-state index is 6.03. The molecule has 0 unspecified atom stereocenters. The Balaban J connectivity index is 1.40. The summed E-state index contributed by atoms with van der Waals surface area (Å²) in [7, 11) is 0. The standard InChI is InChI=1S/C24H21N3O2/c1-16-10-12-17(13-11-16)23-19-6-2-3-7-20(19)24(27-26-23)25-14-18-15-28-21-8-4-5-9-22(21)29-18/h2-13,18H,14-15H2,1H3,(H,25,27)/t18-/m0/s1. The third-order valence-electron chi connectivity index (χ3n) is 5.08. The molecule has 5 rings (SSSR count). The van der Waals surface area contributed by atoms with Crippen molar-refractivity contribution in [2.75, 3.05) is 18.5 Å². The third-order valence-corrected chi connectivity index (χ3v) is 5.08. The molecule has 1 aliphatic heterocycles. The molecule has 1 aliphatic rings. The predicted octanol–water partition coefficient (Wildman–Crippen LogP) is 4.86. The zero-order chi connectivity index (χ0) is 19.6. The average Bonchev–Trinajstić information content (AvgIpc) is 2.78. The monoisotopic (exact) mass is 383 g/mol. The zero-order valence-corrected chi connectivity index (χ0v) is 16.1. The lowest BCUT2D eigenvalue weighted by Gasteiger charge is -2.26. The van der Waals surface area contributed by atoms with E-state index < -0.39 is 0 Å². The summed E-state index contributed by atoms with van der Waals surface area (Å²) in [5.41, 5.74) is 3.17. The minimum absolute atomic E-state index is 0.0952. The Labute approximate surface area is 169 Å². The number of hydrogen-bond donors (Lipinski definition) is 1. The van der Waals surface area contributed by atoms with Gasteiger partial charge in [0.15, 0.2) is 17.3 Å². The summed E-state index contributed by atoms with van der Waals surface area (Å²) >= 11 is 0. The number of fused-ring (bicyclic) bond motifs is 2. The van der Waals surface area contributed by atoms with Gasteiger partial charge in [0.1, 0.15) is 18.4 Å². The molecule has 0 spiro atoms. The lowest BCUT2D eigenvalue weighted by molar-refractivity contribution is 0.0997. The molecule has 144 valence electrons. The SMILES string of the molecule is Cc1ccc(-c2nnc(NC[C@H]3COc4ccccc4O3)c3ccccc23)cc1. The van der Waals surface area contributed by atoms with Crippen molar-refractivity contribution in [3.63, 3.8) is 0 Å². The van der Waals surface area contributed by atoms with Crippen LogP contribution in [-0.2, 0) is 0 Å². The van der Waals surface area contributed by atoms with Gasteiger partial charge in [-0.1, -0.05) is 66.2 Å². The summed E-state index contributed by atoms with van der Waals surface area (Å²) in [4.78, 5) is 0. The molecule has 1 atom stereocenters. The van der Waals surface area contributed by atoms with Crippen LogP contribution in [0.3, 0.4) is 0 Å². The number of hydrogen-bond acceptors (Lipinski definition) is 5. The van der Waals surface area contributed by atoms with Crippen molar-refractivity contribution < 1.29 is 9.47 Å². The second-order valence-electron chi connectivity index (χ2n) is 7.19. The largest absolute Gasteiger partial charge is 0.486 e.